The van der Waals surface area contributed by atoms with Crippen LogP contribution in [0.15, 0.2) is 66.4 Å². The summed E-state index contributed by atoms with van der Waals surface area (Å²) in [6, 6.07) is 15.7. The lowest BCUT2D eigenvalue weighted by atomic mass is 9.82. The average Bonchev–Trinajstić information content (AvgIpc) is 3.04. The van der Waals surface area contributed by atoms with Gasteiger partial charge in [0, 0.05) is 23.1 Å². The standard InChI is InChI=1S/C28H31N5O/c1-5-19-8-6-7-9-21(19)27(34)30-16-28(3,4)23-15-14-22-24(26(29)32-17-31-22)25(33-23)20-12-10-18(2)11-13-20/h5-13,17,23H,1,14-16H2,2-4H3,(H,30,34)(H2,29,31,32). The van der Waals surface area contributed by atoms with Crippen molar-refractivity contribution in [3.05, 3.63) is 94.9 Å². The lowest BCUT2D eigenvalue weighted by Gasteiger charge is -2.32. The summed E-state index contributed by atoms with van der Waals surface area (Å²) in [6.45, 7) is 10.6. The summed E-state index contributed by atoms with van der Waals surface area (Å²) in [7, 11) is 0. The van der Waals surface area contributed by atoms with Crippen LogP contribution in [0.4, 0.5) is 5.82 Å². The van der Waals surface area contributed by atoms with E-state index in [0.29, 0.717) is 17.9 Å². The number of aryl methyl sites for hydroxylation is 2. The highest BCUT2D eigenvalue weighted by atomic mass is 16.1. The summed E-state index contributed by atoms with van der Waals surface area (Å²) in [5.41, 5.74) is 12.1. The van der Waals surface area contributed by atoms with E-state index in [0.717, 1.165) is 40.9 Å². The van der Waals surface area contributed by atoms with Gasteiger partial charge in [-0.15, -0.1) is 0 Å². The maximum absolute atomic E-state index is 12.9. The Balaban J connectivity index is 1.65. The van der Waals surface area contributed by atoms with Crippen LogP contribution in [-0.4, -0.2) is 34.2 Å². The molecule has 34 heavy (non-hydrogen) atoms. The molecule has 174 valence electrons. The van der Waals surface area contributed by atoms with Crippen LogP contribution in [0.5, 0.6) is 0 Å². The molecule has 1 aliphatic heterocycles. The van der Waals surface area contributed by atoms with Crippen LogP contribution in [0.3, 0.4) is 0 Å². The molecule has 0 saturated carbocycles. The number of carbonyl (C=O) groups excluding carboxylic acids is 1. The van der Waals surface area contributed by atoms with E-state index in [1.54, 1.807) is 6.08 Å². The quantitative estimate of drug-likeness (QED) is 0.570. The van der Waals surface area contributed by atoms with Crippen LogP contribution < -0.4 is 11.1 Å². The maximum atomic E-state index is 12.9. The summed E-state index contributed by atoms with van der Waals surface area (Å²) in [5.74, 6) is 0.329. The molecule has 2 heterocycles. The average molecular weight is 454 g/mol. The molecule has 0 bridgehead atoms. The Morgan fingerprint density at radius 1 is 1.18 bits per heavy atom. The molecule has 3 N–H and O–H groups in total. The number of benzene rings is 2. The molecular weight excluding hydrogens is 422 g/mol. The maximum Gasteiger partial charge on any atom is 0.251 e. The van der Waals surface area contributed by atoms with Crippen molar-refractivity contribution >= 4 is 23.5 Å². The highest BCUT2D eigenvalue weighted by Crippen LogP contribution is 2.32. The molecule has 0 aliphatic carbocycles. The molecule has 1 amide bonds. The van der Waals surface area contributed by atoms with E-state index >= 15 is 0 Å². The van der Waals surface area contributed by atoms with Crippen LogP contribution in [0.1, 0.15) is 58.6 Å². The second kappa shape index (κ2) is 9.59. The number of amides is 1. The topological polar surface area (TPSA) is 93.3 Å². The molecule has 0 spiro atoms. The Morgan fingerprint density at radius 2 is 1.91 bits per heavy atom. The van der Waals surface area contributed by atoms with E-state index in [1.807, 2.05) is 24.3 Å². The number of nitrogens with zero attached hydrogens (tertiary/aromatic N) is 3. The van der Waals surface area contributed by atoms with Gasteiger partial charge in [0.1, 0.15) is 12.1 Å². The van der Waals surface area contributed by atoms with Gasteiger partial charge in [-0.25, -0.2) is 9.97 Å². The largest absolute Gasteiger partial charge is 0.383 e. The Labute approximate surface area is 201 Å². The molecular formula is C28H31N5O. The zero-order valence-electron chi connectivity index (χ0n) is 20.0. The Bertz CT molecular complexity index is 1240. The summed E-state index contributed by atoms with van der Waals surface area (Å²) < 4.78 is 0. The number of anilines is 1. The van der Waals surface area contributed by atoms with E-state index in [2.05, 4.69) is 66.9 Å². The number of nitrogens with two attached hydrogens (primary N) is 1. The van der Waals surface area contributed by atoms with Crippen molar-refractivity contribution in [2.45, 2.75) is 39.7 Å². The third kappa shape index (κ3) is 4.76. The van der Waals surface area contributed by atoms with Gasteiger partial charge in [-0.2, -0.15) is 0 Å². The van der Waals surface area contributed by atoms with Gasteiger partial charge >= 0.3 is 0 Å². The smallest absolute Gasteiger partial charge is 0.251 e. The minimum Gasteiger partial charge on any atom is -0.383 e. The summed E-state index contributed by atoms with van der Waals surface area (Å²) in [4.78, 5) is 26.9. The molecule has 1 atom stereocenters. The number of nitrogens with one attached hydrogen (secondary N) is 1. The van der Waals surface area contributed by atoms with Crippen molar-refractivity contribution in [3.63, 3.8) is 0 Å². The van der Waals surface area contributed by atoms with E-state index in [4.69, 9.17) is 10.7 Å². The van der Waals surface area contributed by atoms with Crippen molar-refractivity contribution < 1.29 is 4.79 Å². The monoisotopic (exact) mass is 453 g/mol. The molecule has 1 unspecified atom stereocenters. The second-order valence-corrected chi connectivity index (χ2v) is 9.44. The van der Waals surface area contributed by atoms with Crippen molar-refractivity contribution in [1.82, 2.24) is 15.3 Å². The minimum absolute atomic E-state index is 0.0487. The lowest BCUT2D eigenvalue weighted by molar-refractivity contribution is 0.0930. The number of hydrogen-bond acceptors (Lipinski definition) is 5. The van der Waals surface area contributed by atoms with E-state index in [-0.39, 0.29) is 17.4 Å². The summed E-state index contributed by atoms with van der Waals surface area (Å²) in [6.07, 6.45) is 4.75. The second-order valence-electron chi connectivity index (χ2n) is 9.44. The molecule has 6 nitrogen and oxygen atoms in total. The number of fused-ring (bicyclic) bond motifs is 1. The summed E-state index contributed by atoms with van der Waals surface area (Å²) in [5, 5.41) is 3.12. The molecule has 0 fully saturated rings. The van der Waals surface area contributed by atoms with E-state index in [9.17, 15) is 4.79 Å². The predicted octanol–water partition coefficient (Wildman–Crippen LogP) is 4.62. The molecule has 0 saturated heterocycles. The Morgan fingerprint density at radius 3 is 2.65 bits per heavy atom. The van der Waals surface area contributed by atoms with Gasteiger partial charge in [-0.3, -0.25) is 9.79 Å². The van der Waals surface area contributed by atoms with Gasteiger partial charge < -0.3 is 11.1 Å². The number of hydrogen-bond donors (Lipinski definition) is 2. The SMILES string of the molecule is C=Cc1ccccc1C(=O)NCC(C)(C)C1CCc2ncnc(N)c2C(c2ccc(C)cc2)=N1. The number of nitrogen functional groups attached to an aromatic ring is 1. The fraction of sp³-hybridized carbons (Fsp3) is 0.286. The van der Waals surface area contributed by atoms with E-state index < -0.39 is 0 Å². The van der Waals surface area contributed by atoms with Crippen LogP contribution in [-0.2, 0) is 6.42 Å². The molecule has 1 aromatic heterocycles. The number of aromatic nitrogens is 2. The van der Waals surface area contributed by atoms with Crippen LogP contribution in [0.2, 0.25) is 0 Å². The number of rotatable bonds is 6. The first-order valence-electron chi connectivity index (χ1n) is 11.5. The highest BCUT2D eigenvalue weighted by Gasteiger charge is 2.33. The Hall–Kier alpha value is -3.80. The van der Waals surface area contributed by atoms with Crippen molar-refractivity contribution in [1.29, 1.82) is 0 Å². The summed E-state index contributed by atoms with van der Waals surface area (Å²) >= 11 is 0. The van der Waals surface area contributed by atoms with Crippen LogP contribution in [0, 0.1) is 12.3 Å². The minimum atomic E-state index is -0.307. The van der Waals surface area contributed by atoms with Gasteiger partial charge in [-0.05, 0) is 31.4 Å². The third-order valence-corrected chi connectivity index (χ3v) is 6.49. The zero-order chi connectivity index (χ0) is 24.3. The van der Waals surface area contributed by atoms with Crippen LogP contribution in [0.25, 0.3) is 6.08 Å². The highest BCUT2D eigenvalue weighted by molar-refractivity contribution is 6.16. The van der Waals surface area contributed by atoms with Gasteiger partial charge in [-0.1, -0.05) is 74.5 Å². The lowest BCUT2D eigenvalue weighted by Crippen LogP contribution is -2.41. The molecule has 3 aromatic rings. The first-order valence-corrected chi connectivity index (χ1v) is 11.5. The molecule has 4 rings (SSSR count). The first kappa shape index (κ1) is 23.4. The number of carbonyl (C=O) groups is 1. The zero-order valence-corrected chi connectivity index (χ0v) is 20.0. The van der Waals surface area contributed by atoms with Gasteiger partial charge in [0.25, 0.3) is 5.91 Å². The van der Waals surface area contributed by atoms with E-state index in [1.165, 1.54) is 11.9 Å². The van der Waals surface area contributed by atoms with Crippen molar-refractivity contribution in [2.24, 2.45) is 10.4 Å². The molecule has 6 heteroatoms. The van der Waals surface area contributed by atoms with Gasteiger partial charge in [0.05, 0.1) is 23.0 Å². The molecule has 0 radical (unpaired) electrons. The molecule has 2 aromatic carbocycles. The van der Waals surface area contributed by atoms with Crippen molar-refractivity contribution in [3.8, 4) is 0 Å². The molecule has 1 aliphatic rings. The fourth-order valence-electron chi connectivity index (χ4n) is 4.34. The fourth-order valence-corrected chi connectivity index (χ4v) is 4.34. The van der Waals surface area contributed by atoms with Gasteiger partial charge in [0.15, 0.2) is 0 Å². The van der Waals surface area contributed by atoms with Gasteiger partial charge in [0.2, 0.25) is 0 Å². The van der Waals surface area contributed by atoms with Crippen molar-refractivity contribution in [2.75, 3.05) is 12.3 Å². The van der Waals surface area contributed by atoms with Crippen LogP contribution >= 0.6 is 0 Å². The first-order chi connectivity index (χ1) is 16.3. The predicted molar refractivity (Wildman–Crippen MR) is 138 cm³/mol. The normalized spacial score (nSPS) is 15.6. The third-order valence-electron chi connectivity index (χ3n) is 6.49. The Kier molecular flexibility index (Phi) is 6.59. The number of aliphatic imine (C=N–C) groups is 1.